The first-order valence-electron chi connectivity index (χ1n) is 6.24. The van der Waals surface area contributed by atoms with E-state index in [0.29, 0.717) is 22.8 Å². The molecule has 0 saturated heterocycles. The molecule has 2 aromatic rings. The van der Waals surface area contributed by atoms with Crippen LogP contribution in [-0.2, 0) is 6.42 Å². The second kappa shape index (κ2) is 6.68. The molecule has 106 valence electrons. The van der Waals surface area contributed by atoms with E-state index in [9.17, 15) is 4.39 Å². The molecule has 5 heteroatoms. The Labute approximate surface area is 122 Å². The van der Waals surface area contributed by atoms with E-state index in [1.807, 2.05) is 13.1 Å². The third kappa shape index (κ3) is 3.26. The average molecular weight is 295 g/mol. The molecule has 0 saturated carbocycles. The number of nitrogens with one attached hydrogen (secondary N) is 1. The van der Waals surface area contributed by atoms with E-state index in [2.05, 4.69) is 10.3 Å². The van der Waals surface area contributed by atoms with Gasteiger partial charge < -0.3 is 10.1 Å². The van der Waals surface area contributed by atoms with Gasteiger partial charge in [-0.15, -0.1) is 0 Å². The SMILES string of the molecule is CNC(Cc1ccc(Cl)cc1F)c1ccncc1OC. The summed E-state index contributed by atoms with van der Waals surface area (Å²) in [5, 5.41) is 3.57. The van der Waals surface area contributed by atoms with Gasteiger partial charge in [0.05, 0.1) is 13.3 Å². The Balaban J connectivity index is 2.29. The molecule has 0 aliphatic heterocycles. The maximum atomic E-state index is 13.9. The van der Waals surface area contributed by atoms with Crippen LogP contribution in [-0.4, -0.2) is 19.1 Å². The van der Waals surface area contributed by atoms with Crippen LogP contribution in [0.1, 0.15) is 17.2 Å². The van der Waals surface area contributed by atoms with Crippen LogP contribution in [0.25, 0.3) is 0 Å². The second-order valence-electron chi connectivity index (χ2n) is 4.40. The number of likely N-dealkylation sites (N-methyl/N-ethyl adjacent to an activating group) is 1. The largest absolute Gasteiger partial charge is 0.495 e. The van der Waals surface area contributed by atoms with Crippen molar-refractivity contribution in [2.45, 2.75) is 12.5 Å². The van der Waals surface area contributed by atoms with Crippen molar-refractivity contribution in [2.24, 2.45) is 0 Å². The molecule has 3 nitrogen and oxygen atoms in total. The van der Waals surface area contributed by atoms with Crippen LogP contribution in [0, 0.1) is 5.82 Å². The van der Waals surface area contributed by atoms with Gasteiger partial charge in [0.1, 0.15) is 11.6 Å². The van der Waals surface area contributed by atoms with E-state index in [1.54, 1.807) is 31.6 Å². The Morgan fingerprint density at radius 1 is 1.40 bits per heavy atom. The highest BCUT2D eigenvalue weighted by Crippen LogP contribution is 2.27. The highest BCUT2D eigenvalue weighted by Gasteiger charge is 2.16. The maximum Gasteiger partial charge on any atom is 0.141 e. The number of benzene rings is 1. The van der Waals surface area contributed by atoms with Crippen LogP contribution in [0.5, 0.6) is 5.75 Å². The summed E-state index contributed by atoms with van der Waals surface area (Å²) in [4.78, 5) is 4.02. The van der Waals surface area contributed by atoms with Crippen LogP contribution in [0.15, 0.2) is 36.7 Å². The highest BCUT2D eigenvalue weighted by atomic mass is 35.5. The number of hydrogen-bond donors (Lipinski definition) is 1. The smallest absolute Gasteiger partial charge is 0.141 e. The first-order valence-corrected chi connectivity index (χ1v) is 6.62. The Kier molecular flexibility index (Phi) is 4.93. The zero-order chi connectivity index (χ0) is 14.5. The molecule has 0 aliphatic carbocycles. The lowest BCUT2D eigenvalue weighted by Crippen LogP contribution is -2.20. The first kappa shape index (κ1) is 14.8. The van der Waals surface area contributed by atoms with E-state index in [0.717, 1.165) is 5.56 Å². The molecular weight excluding hydrogens is 279 g/mol. The van der Waals surface area contributed by atoms with E-state index in [1.165, 1.54) is 6.07 Å². The molecule has 1 heterocycles. The maximum absolute atomic E-state index is 13.9. The highest BCUT2D eigenvalue weighted by molar-refractivity contribution is 6.30. The van der Waals surface area contributed by atoms with E-state index in [4.69, 9.17) is 16.3 Å². The number of hydrogen-bond acceptors (Lipinski definition) is 3. The van der Waals surface area contributed by atoms with Crippen molar-refractivity contribution in [3.8, 4) is 5.75 Å². The van der Waals surface area contributed by atoms with Gasteiger partial charge in [0.2, 0.25) is 0 Å². The molecule has 0 radical (unpaired) electrons. The number of halogens is 2. The van der Waals surface area contributed by atoms with Gasteiger partial charge in [-0.3, -0.25) is 4.98 Å². The third-order valence-corrected chi connectivity index (χ3v) is 3.43. The van der Waals surface area contributed by atoms with Crippen molar-refractivity contribution in [2.75, 3.05) is 14.2 Å². The fourth-order valence-electron chi connectivity index (χ4n) is 2.12. The average Bonchev–Trinajstić information content (AvgIpc) is 2.46. The zero-order valence-corrected chi connectivity index (χ0v) is 12.1. The lowest BCUT2D eigenvalue weighted by Gasteiger charge is -2.19. The molecule has 2 rings (SSSR count). The van der Waals surface area contributed by atoms with Gasteiger partial charge in [-0.2, -0.15) is 0 Å². The summed E-state index contributed by atoms with van der Waals surface area (Å²) >= 11 is 5.77. The van der Waals surface area contributed by atoms with Gasteiger partial charge in [-0.25, -0.2) is 4.39 Å². The minimum Gasteiger partial charge on any atom is -0.495 e. The third-order valence-electron chi connectivity index (χ3n) is 3.20. The van der Waals surface area contributed by atoms with Crippen LogP contribution < -0.4 is 10.1 Å². The van der Waals surface area contributed by atoms with Crippen LogP contribution in [0.4, 0.5) is 4.39 Å². The molecule has 0 aliphatic rings. The predicted octanol–water partition coefficient (Wildman–Crippen LogP) is 3.39. The summed E-state index contributed by atoms with van der Waals surface area (Å²) in [6.45, 7) is 0. The van der Waals surface area contributed by atoms with Crippen molar-refractivity contribution in [1.29, 1.82) is 0 Å². The Morgan fingerprint density at radius 3 is 2.85 bits per heavy atom. The van der Waals surface area contributed by atoms with Gasteiger partial charge in [-0.05, 0) is 37.2 Å². The number of aromatic nitrogens is 1. The van der Waals surface area contributed by atoms with Crippen molar-refractivity contribution < 1.29 is 9.13 Å². The fraction of sp³-hybridized carbons (Fsp3) is 0.267. The van der Waals surface area contributed by atoms with E-state index in [-0.39, 0.29) is 11.9 Å². The van der Waals surface area contributed by atoms with Crippen LogP contribution >= 0.6 is 11.6 Å². The zero-order valence-electron chi connectivity index (χ0n) is 11.4. The molecular formula is C15H16ClFN2O. The van der Waals surface area contributed by atoms with Crippen LogP contribution in [0.2, 0.25) is 5.02 Å². The van der Waals surface area contributed by atoms with Crippen molar-refractivity contribution in [1.82, 2.24) is 10.3 Å². The minimum absolute atomic E-state index is 0.0661. The van der Waals surface area contributed by atoms with Crippen molar-refractivity contribution in [3.05, 3.63) is 58.6 Å². The minimum atomic E-state index is -0.300. The molecule has 1 aromatic carbocycles. The van der Waals surface area contributed by atoms with Crippen molar-refractivity contribution in [3.63, 3.8) is 0 Å². The molecule has 0 bridgehead atoms. The fourth-order valence-corrected chi connectivity index (χ4v) is 2.28. The summed E-state index contributed by atoms with van der Waals surface area (Å²) < 4.78 is 19.2. The number of pyridine rings is 1. The van der Waals surface area contributed by atoms with E-state index < -0.39 is 0 Å². The Morgan fingerprint density at radius 2 is 2.20 bits per heavy atom. The number of nitrogens with zero attached hydrogens (tertiary/aromatic N) is 1. The standard InChI is InChI=1S/C15H16ClFN2O/c1-18-14(12-5-6-19-9-15(12)20-2)7-10-3-4-11(16)8-13(10)17/h3-6,8-9,14,18H,7H2,1-2H3. The topological polar surface area (TPSA) is 34.2 Å². The Hall–Kier alpha value is -1.65. The molecule has 0 amide bonds. The Bertz CT molecular complexity index is 592. The number of methoxy groups -OCH3 is 1. The normalized spacial score (nSPS) is 12.2. The van der Waals surface area contributed by atoms with E-state index >= 15 is 0 Å². The molecule has 0 spiro atoms. The molecule has 1 N–H and O–H groups in total. The number of ether oxygens (including phenoxy) is 1. The van der Waals surface area contributed by atoms with Gasteiger partial charge in [-0.1, -0.05) is 17.7 Å². The summed E-state index contributed by atoms with van der Waals surface area (Å²) in [6.07, 6.45) is 3.85. The summed E-state index contributed by atoms with van der Waals surface area (Å²) in [5.74, 6) is 0.381. The lowest BCUT2D eigenvalue weighted by atomic mass is 9.99. The number of rotatable bonds is 5. The molecule has 1 unspecified atom stereocenters. The summed E-state index contributed by atoms with van der Waals surface area (Å²) in [6, 6.07) is 6.52. The monoisotopic (exact) mass is 294 g/mol. The van der Waals surface area contributed by atoms with Gasteiger partial charge >= 0.3 is 0 Å². The molecule has 1 aromatic heterocycles. The summed E-state index contributed by atoms with van der Waals surface area (Å²) in [5.41, 5.74) is 1.55. The summed E-state index contributed by atoms with van der Waals surface area (Å²) in [7, 11) is 3.43. The first-order chi connectivity index (χ1) is 9.65. The van der Waals surface area contributed by atoms with Crippen LogP contribution in [0.3, 0.4) is 0 Å². The second-order valence-corrected chi connectivity index (χ2v) is 4.84. The molecule has 20 heavy (non-hydrogen) atoms. The molecule has 0 fully saturated rings. The predicted molar refractivity (Wildman–Crippen MR) is 77.7 cm³/mol. The van der Waals surface area contributed by atoms with Gasteiger partial charge in [0.15, 0.2) is 0 Å². The van der Waals surface area contributed by atoms with Gasteiger partial charge in [0.25, 0.3) is 0 Å². The lowest BCUT2D eigenvalue weighted by molar-refractivity contribution is 0.398. The van der Waals surface area contributed by atoms with Gasteiger partial charge in [0, 0.05) is 22.8 Å². The van der Waals surface area contributed by atoms with Crippen molar-refractivity contribution >= 4 is 11.6 Å². The molecule has 1 atom stereocenters. The quantitative estimate of drug-likeness (QED) is 0.918.